The second-order valence-corrected chi connectivity index (χ2v) is 5.96. The van der Waals surface area contributed by atoms with E-state index in [1.54, 1.807) is 23.5 Å². The predicted octanol–water partition coefficient (Wildman–Crippen LogP) is 5.51. The Balaban J connectivity index is 1.91. The van der Waals surface area contributed by atoms with Crippen LogP contribution < -0.4 is 0 Å². The van der Waals surface area contributed by atoms with Crippen LogP contribution in [0.1, 0.15) is 5.56 Å². The Morgan fingerprint density at radius 2 is 1.60 bits per heavy atom. The zero-order valence-corrected chi connectivity index (χ0v) is 12.9. The number of hydrogen-bond donors (Lipinski definition) is 0. The smallest absolute Gasteiger partial charge is 0.123 e. The van der Waals surface area contributed by atoms with Gasteiger partial charge in [-0.3, -0.25) is 0 Å². The fourth-order valence-corrected chi connectivity index (χ4v) is 3.19. The molecule has 0 unspecified atom stereocenters. The molecule has 0 spiro atoms. The summed E-state index contributed by atoms with van der Waals surface area (Å²) >= 11 is 5.05. The van der Waals surface area contributed by atoms with Gasteiger partial charge in [0.1, 0.15) is 10.8 Å². The van der Waals surface area contributed by atoms with Crippen LogP contribution >= 0.6 is 27.3 Å². The van der Waals surface area contributed by atoms with E-state index >= 15 is 0 Å². The molecule has 0 amide bonds. The molecule has 0 saturated carbocycles. The third-order valence-electron chi connectivity index (χ3n) is 2.99. The molecule has 4 heteroatoms. The van der Waals surface area contributed by atoms with Crippen LogP contribution in [-0.2, 0) is 5.33 Å². The number of halogens is 2. The lowest BCUT2D eigenvalue weighted by atomic mass is 10.1. The second kappa shape index (κ2) is 5.85. The molecule has 2 aromatic carbocycles. The molecule has 0 saturated heterocycles. The summed E-state index contributed by atoms with van der Waals surface area (Å²) in [7, 11) is 0. The van der Waals surface area contributed by atoms with Gasteiger partial charge in [-0.25, -0.2) is 9.37 Å². The highest BCUT2D eigenvalue weighted by Crippen LogP contribution is 2.32. The van der Waals surface area contributed by atoms with Crippen molar-refractivity contribution in [3.05, 3.63) is 66.1 Å². The quantitative estimate of drug-likeness (QED) is 0.569. The summed E-state index contributed by atoms with van der Waals surface area (Å²) in [6.07, 6.45) is 1.87. The number of thiazole rings is 1. The second-order valence-electron chi connectivity index (χ2n) is 4.37. The summed E-state index contributed by atoms with van der Waals surface area (Å²) in [5.41, 5.74) is 3.34. The SMILES string of the molecule is Fc1ccc(-c2ncc(-c3ccc(CBr)cc3)s2)cc1. The standard InChI is InChI=1S/C16H11BrFNS/c17-9-11-1-3-12(4-2-11)15-10-19-16(20-15)13-5-7-14(18)8-6-13/h1-8,10H,9H2. The average Bonchev–Trinajstić information content (AvgIpc) is 2.98. The topological polar surface area (TPSA) is 12.9 Å². The predicted molar refractivity (Wildman–Crippen MR) is 85.6 cm³/mol. The minimum atomic E-state index is -0.226. The molecule has 1 heterocycles. The Kier molecular flexibility index (Phi) is 3.94. The van der Waals surface area contributed by atoms with E-state index in [-0.39, 0.29) is 5.82 Å². The molecule has 20 heavy (non-hydrogen) atoms. The fourth-order valence-electron chi connectivity index (χ4n) is 1.89. The highest BCUT2D eigenvalue weighted by molar-refractivity contribution is 9.08. The van der Waals surface area contributed by atoms with Crippen LogP contribution in [0.4, 0.5) is 4.39 Å². The van der Waals surface area contributed by atoms with E-state index in [0.717, 1.165) is 26.3 Å². The molecular formula is C16H11BrFNS. The van der Waals surface area contributed by atoms with Crippen molar-refractivity contribution in [3.63, 3.8) is 0 Å². The molecule has 0 aliphatic carbocycles. The number of nitrogens with zero attached hydrogens (tertiary/aromatic N) is 1. The van der Waals surface area contributed by atoms with Gasteiger partial charge in [0, 0.05) is 17.1 Å². The average molecular weight is 348 g/mol. The summed E-state index contributed by atoms with van der Waals surface area (Å²) in [6.45, 7) is 0. The van der Waals surface area contributed by atoms with Crippen molar-refractivity contribution in [1.82, 2.24) is 4.98 Å². The molecule has 0 aliphatic rings. The van der Waals surface area contributed by atoms with E-state index in [1.807, 2.05) is 6.20 Å². The highest BCUT2D eigenvalue weighted by atomic mass is 79.9. The van der Waals surface area contributed by atoms with Gasteiger partial charge in [-0.2, -0.15) is 0 Å². The molecular weight excluding hydrogens is 337 g/mol. The van der Waals surface area contributed by atoms with Crippen LogP contribution in [0.5, 0.6) is 0 Å². The molecule has 0 atom stereocenters. The monoisotopic (exact) mass is 347 g/mol. The molecule has 3 aromatic rings. The molecule has 0 fully saturated rings. The fraction of sp³-hybridized carbons (Fsp3) is 0.0625. The number of aromatic nitrogens is 1. The van der Waals surface area contributed by atoms with Gasteiger partial charge in [0.05, 0.1) is 4.88 Å². The number of hydrogen-bond acceptors (Lipinski definition) is 2. The lowest BCUT2D eigenvalue weighted by Crippen LogP contribution is -1.76. The summed E-state index contributed by atoms with van der Waals surface area (Å²) in [5.74, 6) is -0.226. The Bertz CT molecular complexity index is 704. The summed E-state index contributed by atoms with van der Waals surface area (Å²) in [6, 6.07) is 14.8. The van der Waals surface area contributed by atoms with E-state index in [2.05, 4.69) is 45.2 Å². The molecule has 0 aliphatic heterocycles. The first kappa shape index (κ1) is 13.5. The summed E-state index contributed by atoms with van der Waals surface area (Å²) < 4.78 is 12.9. The first-order valence-corrected chi connectivity index (χ1v) is 8.07. The number of benzene rings is 2. The molecule has 0 bridgehead atoms. The third kappa shape index (κ3) is 2.81. The Labute approximate surface area is 129 Å². The van der Waals surface area contributed by atoms with Crippen LogP contribution in [0.2, 0.25) is 0 Å². The molecule has 1 aromatic heterocycles. The van der Waals surface area contributed by atoms with Crippen molar-refractivity contribution in [2.45, 2.75) is 5.33 Å². The zero-order chi connectivity index (χ0) is 13.9. The van der Waals surface area contributed by atoms with Crippen molar-refractivity contribution < 1.29 is 4.39 Å². The maximum Gasteiger partial charge on any atom is 0.123 e. The van der Waals surface area contributed by atoms with Crippen molar-refractivity contribution in [2.75, 3.05) is 0 Å². The molecule has 3 rings (SSSR count). The molecule has 0 radical (unpaired) electrons. The molecule has 1 nitrogen and oxygen atoms in total. The summed E-state index contributed by atoms with van der Waals surface area (Å²) in [5, 5.41) is 1.76. The molecule has 100 valence electrons. The van der Waals surface area contributed by atoms with Gasteiger partial charge in [-0.1, -0.05) is 40.2 Å². The van der Waals surface area contributed by atoms with Crippen molar-refractivity contribution in [1.29, 1.82) is 0 Å². The third-order valence-corrected chi connectivity index (χ3v) is 4.73. The van der Waals surface area contributed by atoms with Crippen molar-refractivity contribution in [3.8, 4) is 21.0 Å². The van der Waals surface area contributed by atoms with Crippen molar-refractivity contribution in [2.24, 2.45) is 0 Å². The minimum Gasteiger partial charge on any atom is -0.244 e. The lowest BCUT2D eigenvalue weighted by molar-refractivity contribution is 0.628. The Morgan fingerprint density at radius 3 is 2.25 bits per heavy atom. The zero-order valence-electron chi connectivity index (χ0n) is 10.5. The van der Waals surface area contributed by atoms with Gasteiger partial charge in [0.25, 0.3) is 0 Å². The van der Waals surface area contributed by atoms with E-state index in [0.29, 0.717) is 0 Å². The van der Waals surface area contributed by atoms with Crippen LogP contribution in [-0.4, -0.2) is 4.98 Å². The summed E-state index contributed by atoms with van der Waals surface area (Å²) in [4.78, 5) is 5.54. The molecule has 0 N–H and O–H groups in total. The van der Waals surface area contributed by atoms with Crippen LogP contribution in [0, 0.1) is 5.82 Å². The maximum atomic E-state index is 12.9. The van der Waals surface area contributed by atoms with E-state index in [4.69, 9.17) is 0 Å². The minimum absolute atomic E-state index is 0.226. The first-order valence-electron chi connectivity index (χ1n) is 6.13. The largest absolute Gasteiger partial charge is 0.244 e. The van der Waals surface area contributed by atoms with Crippen LogP contribution in [0.15, 0.2) is 54.7 Å². The lowest BCUT2D eigenvalue weighted by Gasteiger charge is -1.98. The van der Waals surface area contributed by atoms with Gasteiger partial charge in [-0.05, 0) is 35.4 Å². The van der Waals surface area contributed by atoms with E-state index in [1.165, 1.54) is 17.7 Å². The number of alkyl halides is 1. The first-order chi connectivity index (χ1) is 9.76. The van der Waals surface area contributed by atoms with Gasteiger partial charge in [-0.15, -0.1) is 11.3 Å². The van der Waals surface area contributed by atoms with E-state index in [9.17, 15) is 4.39 Å². The van der Waals surface area contributed by atoms with Crippen LogP contribution in [0.25, 0.3) is 21.0 Å². The normalized spacial score (nSPS) is 10.7. The van der Waals surface area contributed by atoms with Gasteiger partial charge < -0.3 is 0 Å². The number of rotatable bonds is 3. The van der Waals surface area contributed by atoms with E-state index < -0.39 is 0 Å². The Hall–Kier alpha value is -1.52. The maximum absolute atomic E-state index is 12.9. The van der Waals surface area contributed by atoms with Crippen molar-refractivity contribution >= 4 is 27.3 Å². The van der Waals surface area contributed by atoms with Gasteiger partial charge in [0.2, 0.25) is 0 Å². The highest BCUT2D eigenvalue weighted by Gasteiger charge is 2.06. The van der Waals surface area contributed by atoms with Crippen LogP contribution in [0.3, 0.4) is 0 Å². The Morgan fingerprint density at radius 1 is 0.950 bits per heavy atom. The van der Waals surface area contributed by atoms with Gasteiger partial charge >= 0.3 is 0 Å². The van der Waals surface area contributed by atoms with Gasteiger partial charge in [0.15, 0.2) is 0 Å².